The van der Waals surface area contributed by atoms with Gasteiger partial charge in [-0.15, -0.1) is 0 Å². The molecule has 2 aliphatic rings. The lowest BCUT2D eigenvalue weighted by Crippen LogP contribution is -2.51. The van der Waals surface area contributed by atoms with E-state index in [1.807, 2.05) is 37.3 Å². The van der Waals surface area contributed by atoms with E-state index in [1.54, 1.807) is 24.3 Å². The summed E-state index contributed by atoms with van der Waals surface area (Å²) in [4.78, 5) is 40.8. The number of benzene rings is 3. The van der Waals surface area contributed by atoms with Crippen LogP contribution in [-0.4, -0.2) is 28.7 Å². The van der Waals surface area contributed by atoms with Crippen molar-refractivity contribution >= 4 is 17.7 Å². The van der Waals surface area contributed by atoms with Crippen molar-refractivity contribution in [1.82, 2.24) is 10.2 Å². The minimum atomic E-state index is -0.848. The van der Waals surface area contributed by atoms with Gasteiger partial charge in [-0.05, 0) is 60.4 Å². The van der Waals surface area contributed by atoms with Crippen LogP contribution in [0.5, 0.6) is 0 Å². The molecule has 1 heterocycles. The van der Waals surface area contributed by atoms with Gasteiger partial charge in [-0.25, -0.2) is 0 Å². The molecule has 1 N–H and O–H groups in total. The van der Waals surface area contributed by atoms with Crippen LogP contribution in [0.25, 0.3) is 0 Å². The average molecular weight is 453 g/mol. The third kappa shape index (κ3) is 3.92. The Balaban J connectivity index is 1.42. The maximum atomic E-state index is 13.6. The van der Waals surface area contributed by atoms with Crippen LogP contribution in [0.2, 0.25) is 0 Å². The van der Waals surface area contributed by atoms with Gasteiger partial charge in [0.05, 0.1) is 17.2 Å². The molecule has 0 bridgehead atoms. The zero-order valence-corrected chi connectivity index (χ0v) is 19.2. The molecule has 0 fully saturated rings. The monoisotopic (exact) mass is 452 g/mol. The molecule has 5 heteroatoms. The van der Waals surface area contributed by atoms with E-state index in [-0.39, 0.29) is 17.9 Å². The molecule has 0 saturated heterocycles. The van der Waals surface area contributed by atoms with Gasteiger partial charge in [0.15, 0.2) is 0 Å². The molecule has 0 aromatic heterocycles. The van der Waals surface area contributed by atoms with Crippen LogP contribution in [0.15, 0.2) is 78.9 Å². The summed E-state index contributed by atoms with van der Waals surface area (Å²) in [5.74, 6) is -0.849. The predicted molar refractivity (Wildman–Crippen MR) is 130 cm³/mol. The average Bonchev–Trinajstić information content (AvgIpc) is 3.12. The van der Waals surface area contributed by atoms with Crippen LogP contribution in [0.3, 0.4) is 0 Å². The molecular weight excluding hydrogens is 424 g/mol. The van der Waals surface area contributed by atoms with Gasteiger partial charge in [0, 0.05) is 0 Å². The molecule has 0 radical (unpaired) electrons. The van der Waals surface area contributed by atoms with E-state index >= 15 is 0 Å². The molecule has 1 aliphatic carbocycles. The Bertz CT molecular complexity index is 1200. The molecule has 1 aliphatic heterocycles. The van der Waals surface area contributed by atoms with E-state index in [0.717, 1.165) is 29.7 Å². The summed E-state index contributed by atoms with van der Waals surface area (Å²) < 4.78 is 0. The smallest absolute Gasteiger partial charge is 0.262 e. The topological polar surface area (TPSA) is 66.5 Å². The van der Waals surface area contributed by atoms with Crippen molar-refractivity contribution in [2.24, 2.45) is 5.92 Å². The third-order valence-electron chi connectivity index (χ3n) is 7.11. The number of carbonyl (C=O) groups excluding carboxylic acids is 3. The normalized spacial score (nSPS) is 20.0. The van der Waals surface area contributed by atoms with Gasteiger partial charge in [-0.3, -0.25) is 19.3 Å². The second kappa shape index (κ2) is 9.26. The molecule has 3 aromatic carbocycles. The Kier molecular flexibility index (Phi) is 6.01. The van der Waals surface area contributed by atoms with Gasteiger partial charge in [-0.2, -0.15) is 0 Å². The number of imide groups is 1. The lowest BCUT2D eigenvalue weighted by Gasteiger charge is -2.36. The van der Waals surface area contributed by atoms with E-state index in [9.17, 15) is 14.4 Å². The molecule has 172 valence electrons. The van der Waals surface area contributed by atoms with Crippen LogP contribution in [-0.2, 0) is 17.6 Å². The summed E-state index contributed by atoms with van der Waals surface area (Å²) >= 11 is 0. The lowest BCUT2D eigenvalue weighted by atomic mass is 9.76. The molecule has 0 saturated carbocycles. The highest BCUT2D eigenvalue weighted by Crippen LogP contribution is 2.37. The fourth-order valence-electron chi connectivity index (χ4n) is 5.38. The van der Waals surface area contributed by atoms with Crippen LogP contribution in [0.4, 0.5) is 0 Å². The zero-order valence-electron chi connectivity index (χ0n) is 19.2. The van der Waals surface area contributed by atoms with Crippen LogP contribution >= 0.6 is 0 Å². The Hall–Kier alpha value is -3.73. The van der Waals surface area contributed by atoms with Crippen LogP contribution < -0.4 is 5.32 Å². The van der Waals surface area contributed by atoms with Crippen LogP contribution in [0, 0.1) is 5.92 Å². The second-order valence-electron chi connectivity index (χ2n) is 9.12. The van der Waals surface area contributed by atoms with E-state index < -0.39 is 17.9 Å². The molecule has 3 atom stereocenters. The number of aryl methyl sites for hydroxylation is 1. The number of nitrogens with one attached hydrogen (secondary N) is 1. The summed E-state index contributed by atoms with van der Waals surface area (Å²) in [6, 6.07) is 24.3. The Morgan fingerprint density at radius 3 is 2.21 bits per heavy atom. The SMILES string of the molecule is CCC(C(=O)NC1c2ccccc2CCC1Cc1ccccc1)N1C(=O)c2ccccc2C1=O. The molecule has 0 spiro atoms. The first-order valence-electron chi connectivity index (χ1n) is 12.0. The standard InChI is InChI=1S/C29H28N2O3/c1-2-25(31-28(33)23-14-8-9-15-24(23)29(31)34)27(32)30-26-21(18-19-10-4-3-5-11-19)17-16-20-12-6-7-13-22(20)26/h3-15,21,25-26H,2,16-18H2,1H3,(H,30,32). The van der Waals surface area contributed by atoms with Gasteiger partial charge in [-0.1, -0.05) is 73.7 Å². The second-order valence-corrected chi connectivity index (χ2v) is 9.12. The van der Waals surface area contributed by atoms with Gasteiger partial charge < -0.3 is 5.32 Å². The number of amides is 3. The summed E-state index contributed by atoms with van der Waals surface area (Å²) in [5, 5.41) is 3.26. The number of hydrogen-bond acceptors (Lipinski definition) is 3. The van der Waals surface area contributed by atoms with Gasteiger partial charge in [0.1, 0.15) is 6.04 Å². The Labute approximate surface area is 199 Å². The van der Waals surface area contributed by atoms with E-state index in [2.05, 4.69) is 29.6 Å². The van der Waals surface area contributed by atoms with Crippen molar-refractivity contribution in [1.29, 1.82) is 0 Å². The van der Waals surface area contributed by atoms with Crippen molar-refractivity contribution < 1.29 is 14.4 Å². The lowest BCUT2D eigenvalue weighted by molar-refractivity contribution is -0.126. The first-order chi connectivity index (χ1) is 16.6. The quantitative estimate of drug-likeness (QED) is 0.550. The minimum Gasteiger partial charge on any atom is -0.347 e. The zero-order chi connectivity index (χ0) is 23.7. The Morgan fingerprint density at radius 1 is 0.912 bits per heavy atom. The minimum absolute atomic E-state index is 0.179. The highest BCUT2D eigenvalue weighted by atomic mass is 16.2. The van der Waals surface area contributed by atoms with Crippen molar-refractivity contribution in [3.8, 4) is 0 Å². The molecule has 3 aromatic rings. The predicted octanol–water partition coefficient (Wildman–Crippen LogP) is 4.72. The number of nitrogens with zero attached hydrogens (tertiary/aromatic N) is 1. The van der Waals surface area contributed by atoms with Crippen LogP contribution in [0.1, 0.15) is 63.2 Å². The van der Waals surface area contributed by atoms with E-state index in [4.69, 9.17) is 0 Å². The number of fused-ring (bicyclic) bond motifs is 2. The fourth-order valence-corrected chi connectivity index (χ4v) is 5.38. The van der Waals surface area contributed by atoms with Gasteiger partial charge in [0.25, 0.3) is 11.8 Å². The number of carbonyl (C=O) groups is 3. The molecule has 5 rings (SSSR count). The summed E-state index contributed by atoms with van der Waals surface area (Å²) in [6.45, 7) is 1.84. The molecule has 5 nitrogen and oxygen atoms in total. The first-order valence-corrected chi connectivity index (χ1v) is 12.0. The van der Waals surface area contributed by atoms with Crippen molar-refractivity contribution in [3.05, 3.63) is 107 Å². The molecule has 3 unspecified atom stereocenters. The highest BCUT2D eigenvalue weighted by molar-refractivity contribution is 6.22. The largest absolute Gasteiger partial charge is 0.347 e. The van der Waals surface area contributed by atoms with Crippen molar-refractivity contribution in [2.45, 2.75) is 44.7 Å². The number of hydrogen-bond donors (Lipinski definition) is 1. The van der Waals surface area contributed by atoms with Crippen molar-refractivity contribution in [3.63, 3.8) is 0 Å². The molecule has 3 amide bonds. The fraction of sp³-hybridized carbons (Fsp3) is 0.276. The maximum absolute atomic E-state index is 13.6. The third-order valence-corrected chi connectivity index (χ3v) is 7.11. The first kappa shape index (κ1) is 22.1. The van der Waals surface area contributed by atoms with E-state index in [0.29, 0.717) is 17.5 Å². The molecule has 34 heavy (non-hydrogen) atoms. The summed E-state index contributed by atoms with van der Waals surface area (Å²) in [5.41, 5.74) is 4.33. The van der Waals surface area contributed by atoms with Crippen molar-refractivity contribution in [2.75, 3.05) is 0 Å². The maximum Gasteiger partial charge on any atom is 0.262 e. The highest BCUT2D eigenvalue weighted by Gasteiger charge is 2.43. The molecular formula is C29H28N2O3. The Morgan fingerprint density at radius 2 is 1.53 bits per heavy atom. The summed E-state index contributed by atoms with van der Waals surface area (Å²) in [7, 11) is 0. The summed E-state index contributed by atoms with van der Waals surface area (Å²) in [6.07, 6.45) is 3.13. The van der Waals surface area contributed by atoms with E-state index in [1.165, 1.54) is 11.1 Å². The number of rotatable bonds is 6. The van der Waals surface area contributed by atoms with Gasteiger partial charge >= 0.3 is 0 Å². The van der Waals surface area contributed by atoms with Gasteiger partial charge in [0.2, 0.25) is 5.91 Å².